The summed E-state index contributed by atoms with van der Waals surface area (Å²) in [4.78, 5) is 7.11. The van der Waals surface area contributed by atoms with Gasteiger partial charge in [0.15, 0.2) is 0 Å². The van der Waals surface area contributed by atoms with E-state index in [4.69, 9.17) is 0 Å². The van der Waals surface area contributed by atoms with Crippen LogP contribution < -0.4 is 15.1 Å². The fourth-order valence-electron chi connectivity index (χ4n) is 2.75. The minimum atomic E-state index is 0. The Balaban J connectivity index is 0.00000161. The van der Waals surface area contributed by atoms with Gasteiger partial charge in [0, 0.05) is 38.0 Å². The molecule has 0 bridgehead atoms. The summed E-state index contributed by atoms with van der Waals surface area (Å²) >= 11 is 1.90. The number of thioether (sulfide) groups is 1. The SMILES string of the molecule is CN(C)c1ccc2c(c1N(C)C)NC1CC=CC=C1S2.[NaH]. The van der Waals surface area contributed by atoms with Gasteiger partial charge in [-0.1, -0.05) is 30.0 Å². The normalized spacial score (nSPS) is 18.7. The van der Waals surface area contributed by atoms with E-state index in [1.54, 1.807) is 0 Å². The van der Waals surface area contributed by atoms with Gasteiger partial charge in [-0.05, 0) is 18.6 Å². The summed E-state index contributed by atoms with van der Waals surface area (Å²) in [7, 11) is 8.42. The molecule has 21 heavy (non-hydrogen) atoms. The first-order chi connectivity index (χ1) is 9.58. The summed E-state index contributed by atoms with van der Waals surface area (Å²) in [5, 5.41) is 3.74. The third-order valence-electron chi connectivity index (χ3n) is 3.71. The zero-order valence-electron chi connectivity index (χ0n) is 12.5. The zero-order chi connectivity index (χ0) is 14.3. The molecule has 1 aliphatic heterocycles. The van der Waals surface area contributed by atoms with Crippen molar-refractivity contribution in [2.24, 2.45) is 0 Å². The van der Waals surface area contributed by atoms with Crippen LogP contribution in [0, 0.1) is 0 Å². The average molecular weight is 311 g/mol. The summed E-state index contributed by atoms with van der Waals surface area (Å²) in [5.41, 5.74) is 3.79. The van der Waals surface area contributed by atoms with Crippen molar-refractivity contribution in [2.45, 2.75) is 17.4 Å². The molecule has 1 aliphatic carbocycles. The predicted molar refractivity (Wildman–Crippen MR) is 97.4 cm³/mol. The first-order valence-electron chi connectivity index (χ1n) is 6.90. The molecule has 1 aromatic rings. The van der Waals surface area contributed by atoms with E-state index < -0.39 is 0 Å². The van der Waals surface area contributed by atoms with Gasteiger partial charge in [0.05, 0.1) is 23.1 Å². The first kappa shape index (κ1) is 16.8. The molecule has 1 N–H and O–H groups in total. The van der Waals surface area contributed by atoms with Crippen LogP contribution in [0.3, 0.4) is 0 Å². The molecule has 0 aromatic heterocycles. The topological polar surface area (TPSA) is 18.5 Å². The number of allylic oxidation sites excluding steroid dienone is 2. The number of hydrogen-bond donors (Lipinski definition) is 1. The van der Waals surface area contributed by atoms with Crippen LogP contribution >= 0.6 is 11.8 Å². The molecule has 0 radical (unpaired) electrons. The summed E-state index contributed by atoms with van der Waals surface area (Å²) in [5.74, 6) is 0. The quantitative estimate of drug-likeness (QED) is 0.846. The van der Waals surface area contributed by atoms with E-state index in [0.717, 1.165) is 6.42 Å². The van der Waals surface area contributed by atoms with Crippen molar-refractivity contribution in [1.29, 1.82) is 0 Å². The summed E-state index contributed by atoms with van der Waals surface area (Å²) in [6, 6.07) is 4.86. The van der Waals surface area contributed by atoms with Gasteiger partial charge in [-0.25, -0.2) is 0 Å². The molecule has 5 heteroatoms. The average Bonchev–Trinajstić information content (AvgIpc) is 2.43. The van der Waals surface area contributed by atoms with Crippen molar-refractivity contribution in [3.8, 4) is 0 Å². The number of nitrogens with one attached hydrogen (secondary N) is 1. The van der Waals surface area contributed by atoms with Crippen LogP contribution in [0.25, 0.3) is 0 Å². The van der Waals surface area contributed by atoms with Crippen molar-refractivity contribution < 1.29 is 0 Å². The fourth-order valence-corrected chi connectivity index (χ4v) is 3.84. The maximum absolute atomic E-state index is 3.74. The molecule has 1 atom stereocenters. The van der Waals surface area contributed by atoms with E-state index in [2.05, 4.69) is 73.7 Å². The van der Waals surface area contributed by atoms with E-state index in [-0.39, 0.29) is 29.6 Å². The molecule has 1 unspecified atom stereocenters. The maximum atomic E-state index is 3.74. The van der Waals surface area contributed by atoms with Crippen molar-refractivity contribution in [1.82, 2.24) is 0 Å². The van der Waals surface area contributed by atoms with Crippen LogP contribution in [0.15, 0.2) is 40.2 Å². The Bertz CT molecular complexity index is 593. The predicted octanol–water partition coefficient (Wildman–Crippen LogP) is 2.90. The Kier molecular flexibility index (Phi) is 5.36. The van der Waals surface area contributed by atoms with Gasteiger partial charge >= 0.3 is 29.6 Å². The molecule has 0 amide bonds. The first-order valence-corrected chi connectivity index (χ1v) is 7.72. The van der Waals surface area contributed by atoms with E-state index in [1.807, 2.05) is 11.8 Å². The van der Waals surface area contributed by atoms with Crippen LogP contribution in [0.2, 0.25) is 0 Å². The third-order valence-corrected chi connectivity index (χ3v) is 4.92. The Morgan fingerprint density at radius 1 is 1.14 bits per heavy atom. The molecular formula is C16H22N3NaS. The third kappa shape index (κ3) is 3.14. The number of benzene rings is 1. The second-order valence-electron chi connectivity index (χ2n) is 5.63. The molecule has 1 aromatic carbocycles. The number of fused-ring (bicyclic) bond motifs is 2. The van der Waals surface area contributed by atoms with Gasteiger partial charge in [0.2, 0.25) is 0 Å². The Labute approximate surface area is 153 Å². The zero-order valence-corrected chi connectivity index (χ0v) is 13.3. The minimum absolute atomic E-state index is 0. The molecule has 0 saturated carbocycles. The molecule has 0 fully saturated rings. The number of nitrogens with zero attached hydrogens (tertiary/aromatic N) is 2. The fraction of sp³-hybridized carbons (Fsp3) is 0.375. The summed E-state index contributed by atoms with van der Waals surface area (Å²) < 4.78 is 0. The number of hydrogen-bond acceptors (Lipinski definition) is 4. The van der Waals surface area contributed by atoms with E-state index >= 15 is 0 Å². The van der Waals surface area contributed by atoms with Gasteiger partial charge < -0.3 is 15.1 Å². The second kappa shape index (κ2) is 6.69. The molecule has 1 heterocycles. The van der Waals surface area contributed by atoms with Crippen LogP contribution in [0.1, 0.15) is 6.42 Å². The Morgan fingerprint density at radius 2 is 1.90 bits per heavy atom. The number of anilines is 3. The molecule has 0 saturated heterocycles. The van der Waals surface area contributed by atoms with Crippen LogP contribution in [0.4, 0.5) is 17.1 Å². The van der Waals surface area contributed by atoms with Gasteiger partial charge in [-0.15, -0.1) is 0 Å². The molecule has 2 aliphatic rings. The van der Waals surface area contributed by atoms with Crippen molar-refractivity contribution in [3.05, 3.63) is 35.3 Å². The van der Waals surface area contributed by atoms with Crippen LogP contribution in [0.5, 0.6) is 0 Å². The van der Waals surface area contributed by atoms with E-state index in [1.165, 1.54) is 26.9 Å². The van der Waals surface area contributed by atoms with E-state index in [9.17, 15) is 0 Å². The summed E-state index contributed by atoms with van der Waals surface area (Å²) in [6.45, 7) is 0. The number of rotatable bonds is 2. The van der Waals surface area contributed by atoms with Gasteiger partial charge in [0.25, 0.3) is 0 Å². The second-order valence-corrected chi connectivity index (χ2v) is 6.74. The monoisotopic (exact) mass is 311 g/mol. The van der Waals surface area contributed by atoms with Crippen LogP contribution in [-0.2, 0) is 0 Å². The van der Waals surface area contributed by atoms with E-state index in [0.29, 0.717) is 6.04 Å². The van der Waals surface area contributed by atoms with Gasteiger partial charge in [-0.3, -0.25) is 0 Å². The van der Waals surface area contributed by atoms with Crippen LogP contribution in [-0.4, -0.2) is 63.8 Å². The molecule has 0 spiro atoms. The Hall–Kier alpha value is -0.550. The molecule has 3 rings (SSSR count). The van der Waals surface area contributed by atoms with Crippen molar-refractivity contribution >= 4 is 58.4 Å². The standard InChI is InChI=1S/C16H21N3S.Na.H/c1-18(2)12-9-10-14-15(16(12)19(3)4)17-11-7-5-6-8-13(11)20-14;;/h5-6,8-11,17H,7H2,1-4H3;;. The van der Waals surface area contributed by atoms with Gasteiger partial charge in [0.1, 0.15) is 0 Å². The van der Waals surface area contributed by atoms with Gasteiger partial charge in [-0.2, -0.15) is 0 Å². The van der Waals surface area contributed by atoms with Crippen molar-refractivity contribution in [2.75, 3.05) is 43.3 Å². The van der Waals surface area contributed by atoms with Crippen molar-refractivity contribution in [3.63, 3.8) is 0 Å². The Morgan fingerprint density at radius 3 is 2.57 bits per heavy atom. The molecule has 3 nitrogen and oxygen atoms in total. The molecular weight excluding hydrogens is 289 g/mol. The summed E-state index contributed by atoms with van der Waals surface area (Å²) in [6.07, 6.45) is 7.69. The molecule has 108 valence electrons.